The van der Waals surface area contributed by atoms with Gasteiger partial charge in [0.15, 0.2) is 0 Å². The van der Waals surface area contributed by atoms with Crippen molar-refractivity contribution in [3.8, 4) is 0 Å². The topological polar surface area (TPSA) is 58.3 Å². The summed E-state index contributed by atoms with van der Waals surface area (Å²) in [7, 11) is 1.00. The molecule has 0 unspecified atom stereocenters. The van der Waals surface area contributed by atoms with Gasteiger partial charge < -0.3 is 15.6 Å². The van der Waals surface area contributed by atoms with Gasteiger partial charge in [-0.1, -0.05) is 23.5 Å². The van der Waals surface area contributed by atoms with Crippen molar-refractivity contribution >= 4 is 34.9 Å². The van der Waals surface area contributed by atoms with E-state index in [0.717, 1.165) is 12.8 Å². The van der Waals surface area contributed by atoms with Gasteiger partial charge in [0.05, 0.1) is 0 Å². The molecule has 5 heteroatoms. The molecule has 4 N–H and O–H groups in total. The second-order valence-electron chi connectivity index (χ2n) is 2.08. The number of halogens is 1. The van der Waals surface area contributed by atoms with Crippen molar-refractivity contribution < 1.29 is 5.11 Å². The number of anilines is 2. The Kier molecular flexibility index (Phi) is 6.58. The van der Waals surface area contributed by atoms with Crippen LogP contribution >= 0.6 is 23.5 Å². The number of nitrogens with two attached hydrogens (primary N) is 1. The molecule has 0 heterocycles. The lowest BCUT2D eigenvalue weighted by Crippen LogP contribution is -1.88. The van der Waals surface area contributed by atoms with Crippen molar-refractivity contribution in [1.82, 2.24) is 0 Å². The fourth-order valence-corrected chi connectivity index (χ4v) is 1.39. The molecule has 0 aliphatic heterocycles. The molecule has 3 nitrogen and oxygen atoms in total. The van der Waals surface area contributed by atoms with Gasteiger partial charge in [-0.25, -0.2) is 0 Å². The maximum atomic E-state index is 7.00. The monoisotopic (exact) mass is 220 g/mol. The molecule has 74 valence electrons. The standard InChI is InChI=1S/C7H9ClN2S.CH4O/c1-11-10-7-3-5(8)2-6(9)4-7;1-2/h2-4,10H,9H2,1H3;2H,1H3. The Labute approximate surface area is 87.4 Å². The van der Waals surface area contributed by atoms with Crippen LogP contribution in [0.25, 0.3) is 0 Å². The van der Waals surface area contributed by atoms with Gasteiger partial charge in [-0.05, 0) is 18.2 Å². The summed E-state index contributed by atoms with van der Waals surface area (Å²) >= 11 is 7.26. The molecule has 0 aromatic heterocycles. The zero-order valence-corrected chi connectivity index (χ0v) is 9.12. The molecular formula is C8H13ClN2OS. The Morgan fingerprint density at radius 2 is 2.00 bits per heavy atom. The number of hydrogen-bond acceptors (Lipinski definition) is 4. The number of hydrogen-bond donors (Lipinski definition) is 3. The molecule has 0 aliphatic rings. The van der Waals surface area contributed by atoms with E-state index in [1.165, 1.54) is 11.9 Å². The Morgan fingerprint density at radius 1 is 1.38 bits per heavy atom. The first-order chi connectivity index (χ1) is 6.22. The molecule has 1 aromatic rings. The van der Waals surface area contributed by atoms with Crippen LogP contribution in [0.2, 0.25) is 5.02 Å². The average Bonchev–Trinajstić information content (AvgIpc) is 2.06. The van der Waals surface area contributed by atoms with E-state index in [1.807, 2.05) is 18.4 Å². The Bertz CT molecular complexity index is 238. The van der Waals surface area contributed by atoms with Gasteiger partial charge in [0.1, 0.15) is 0 Å². The molecule has 0 fully saturated rings. The third-order valence-corrected chi connectivity index (χ3v) is 1.80. The first-order valence-electron chi connectivity index (χ1n) is 3.52. The Balaban J connectivity index is 0.000000671. The van der Waals surface area contributed by atoms with Crippen molar-refractivity contribution in [1.29, 1.82) is 0 Å². The number of benzene rings is 1. The van der Waals surface area contributed by atoms with Crippen molar-refractivity contribution in [3.05, 3.63) is 23.2 Å². The van der Waals surface area contributed by atoms with Crippen LogP contribution in [0, 0.1) is 0 Å². The minimum atomic E-state index is 0.654. The minimum Gasteiger partial charge on any atom is -0.400 e. The van der Waals surface area contributed by atoms with E-state index in [9.17, 15) is 0 Å². The van der Waals surface area contributed by atoms with Crippen LogP contribution in [0.15, 0.2) is 18.2 Å². The molecule has 0 saturated heterocycles. The zero-order chi connectivity index (χ0) is 10.3. The fraction of sp³-hybridized carbons (Fsp3) is 0.250. The lowest BCUT2D eigenvalue weighted by atomic mass is 10.3. The molecular weight excluding hydrogens is 208 g/mol. The van der Waals surface area contributed by atoms with E-state index in [2.05, 4.69) is 4.72 Å². The van der Waals surface area contributed by atoms with Crippen LogP contribution in [0.1, 0.15) is 0 Å². The molecule has 0 bridgehead atoms. The molecule has 0 aliphatic carbocycles. The maximum absolute atomic E-state index is 7.00. The molecule has 1 aromatic carbocycles. The Morgan fingerprint density at radius 3 is 2.46 bits per heavy atom. The van der Waals surface area contributed by atoms with E-state index < -0.39 is 0 Å². The van der Waals surface area contributed by atoms with Gasteiger partial charge in [0.25, 0.3) is 0 Å². The summed E-state index contributed by atoms with van der Waals surface area (Å²) in [4.78, 5) is 0. The van der Waals surface area contributed by atoms with E-state index >= 15 is 0 Å². The normalized spacial score (nSPS) is 8.62. The predicted octanol–water partition coefficient (Wildman–Crippen LogP) is 2.22. The van der Waals surface area contributed by atoms with Crippen LogP contribution in [-0.2, 0) is 0 Å². The smallest absolute Gasteiger partial charge is 0.0475 e. The second kappa shape index (κ2) is 6.88. The second-order valence-corrected chi connectivity index (χ2v) is 3.13. The first-order valence-corrected chi connectivity index (χ1v) is 5.12. The van der Waals surface area contributed by atoms with Gasteiger partial charge in [-0.15, -0.1) is 0 Å². The molecule has 0 saturated carbocycles. The molecule has 1 rings (SSSR count). The fourth-order valence-electron chi connectivity index (χ4n) is 0.789. The van der Waals surface area contributed by atoms with E-state index in [-0.39, 0.29) is 0 Å². The highest BCUT2D eigenvalue weighted by molar-refractivity contribution is 7.99. The van der Waals surface area contributed by atoms with E-state index in [4.69, 9.17) is 22.4 Å². The molecule has 0 spiro atoms. The van der Waals surface area contributed by atoms with E-state index in [0.29, 0.717) is 10.7 Å². The molecule has 0 amide bonds. The van der Waals surface area contributed by atoms with Gasteiger partial charge >= 0.3 is 0 Å². The van der Waals surface area contributed by atoms with Gasteiger partial charge in [0, 0.05) is 29.8 Å². The summed E-state index contributed by atoms with van der Waals surface area (Å²) in [6, 6.07) is 5.38. The van der Waals surface area contributed by atoms with Crippen molar-refractivity contribution in [2.45, 2.75) is 0 Å². The number of aliphatic hydroxyl groups excluding tert-OH is 1. The van der Waals surface area contributed by atoms with Crippen LogP contribution in [0.4, 0.5) is 11.4 Å². The van der Waals surface area contributed by atoms with Crippen molar-refractivity contribution in [2.75, 3.05) is 23.8 Å². The predicted molar refractivity (Wildman–Crippen MR) is 61.1 cm³/mol. The summed E-state index contributed by atoms with van der Waals surface area (Å²) < 4.78 is 3.04. The van der Waals surface area contributed by atoms with Crippen LogP contribution in [0.5, 0.6) is 0 Å². The van der Waals surface area contributed by atoms with E-state index in [1.54, 1.807) is 6.07 Å². The first kappa shape index (κ1) is 12.4. The van der Waals surface area contributed by atoms with Crippen LogP contribution in [0.3, 0.4) is 0 Å². The lowest BCUT2D eigenvalue weighted by Gasteiger charge is -2.03. The number of rotatable bonds is 2. The molecule has 13 heavy (non-hydrogen) atoms. The van der Waals surface area contributed by atoms with Gasteiger partial charge in [-0.3, -0.25) is 0 Å². The van der Waals surface area contributed by atoms with Crippen LogP contribution in [-0.4, -0.2) is 18.5 Å². The molecule has 0 radical (unpaired) electrons. The highest BCUT2D eigenvalue weighted by Gasteiger charge is 1.94. The third kappa shape index (κ3) is 4.87. The maximum Gasteiger partial charge on any atom is 0.0475 e. The SMILES string of the molecule is CO.CSNc1cc(N)cc(Cl)c1. The van der Waals surface area contributed by atoms with Gasteiger partial charge in [-0.2, -0.15) is 0 Å². The summed E-state index contributed by atoms with van der Waals surface area (Å²) in [5, 5.41) is 7.65. The van der Waals surface area contributed by atoms with Crippen molar-refractivity contribution in [3.63, 3.8) is 0 Å². The molecule has 0 atom stereocenters. The highest BCUT2D eigenvalue weighted by Crippen LogP contribution is 2.21. The largest absolute Gasteiger partial charge is 0.400 e. The van der Waals surface area contributed by atoms with Gasteiger partial charge in [0.2, 0.25) is 0 Å². The number of nitrogen functional groups attached to an aromatic ring is 1. The van der Waals surface area contributed by atoms with Crippen LogP contribution < -0.4 is 10.5 Å². The highest BCUT2D eigenvalue weighted by atomic mass is 35.5. The summed E-state index contributed by atoms with van der Waals surface area (Å²) in [6.07, 6.45) is 1.94. The zero-order valence-electron chi connectivity index (χ0n) is 7.54. The lowest BCUT2D eigenvalue weighted by molar-refractivity contribution is 0.399. The number of nitrogens with one attached hydrogen (secondary N) is 1. The Hall–Kier alpha value is -0.580. The summed E-state index contributed by atoms with van der Waals surface area (Å²) in [6.45, 7) is 0. The minimum absolute atomic E-state index is 0.654. The van der Waals surface area contributed by atoms with Crippen molar-refractivity contribution in [2.24, 2.45) is 0 Å². The third-order valence-electron chi connectivity index (χ3n) is 1.14. The quantitative estimate of drug-likeness (QED) is 0.529. The average molecular weight is 221 g/mol. The summed E-state index contributed by atoms with van der Waals surface area (Å²) in [5.41, 5.74) is 7.16. The number of aliphatic hydroxyl groups is 1. The summed E-state index contributed by atoms with van der Waals surface area (Å²) in [5.74, 6) is 0.